The summed E-state index contributed by atoms with van der Waals surface area (Å²) in [5.41, 5.74) is 5.83. The van der Waals surface area contributed by atoms with E-state index in [-0.39, 0.29) is 11.6 Å². The van der Waals surface area contributed by atoms with Crippen LogP contribution in [0.25, 0.3) is 0 Å². The Morgan fingerprint density at radius 3 is 2.42 bits per heavy atom. The van der Waals surface area contributed by atoms with Crippen LogP contribution in [0.15, 0.2) is 0 Å². The molecule has 2 fully saturated rings. The van der Waals surface area contributed by atoms with Gasteiger partial charge >= 0.3 is 6.03 Å². The van der Waals surface area contributed by atoms with Crippen LogP contribution in [-0.4, -0.2) is 36.1 Å². The summed E-state index contributed by atoms with van der Waals surface area (Å²) in [4.78, 5) is 14.3. The van der Waals surface area contributed by atoms with Gasteiger partial charge in [-0.1, -0.05) is 13.3 Å². The van der Waals surface area contributed by atoms with Crippen LogP contribution in [0.1, 0.15) is 58.3 Å². The van der Waals surface area contributed by atoms with Gasteiger partial charge in [-0.15, -0.1) is 0 Å². The Morgan fingerprint density at radius 1 is 1.26 bits per heavy atom. The average molecular weight is 267 g/mol. The van der Waals surface area contributed by atoms with E-state index in [0.717, 1.165) is 44.7 Å². The molecule has 0 aromatic heterocycles. The van der Waals surface area contributed by atoms with Crippen molar-refractivity contribution in [2.45, 2.75) is 63.8 Å². The molecule has 1 aliphatic carbocycles. The van der Waals surface area contributed by atoms with Gasteiger partial charge in [0.15, 0.2) is 0 Å². The van der Waals surface area contributed by atoms with Gasteiger partial charge in [0.25, 0.3) is 0 Å². The van der Waals surface area contributed by atoms with Crippen molar-refractivity contribution in [3.8, 4) is 0 Å². The Kier molecular flexibility index (Phi) is 5.08. The van der Waals surface area contributed by atoms with Crippen molar-refractivity contribution >= 4 is 6.03 Å². The Hall–Kier alpha value is -0.770. The monoisotopic (exact) mass is 267 g/mol. The lowest BCUT2D eigenvalue weighted by Crippen LogP contribution is -2.59. The first-order chi connectivity index (χ1) is 9.19. The third-order valence-electron chi connectivity index (χ3n) is 5.05. The van der Waals surface area contributed by atoms with E-state index in [4.69, 9.17) is 5.73 Å². The average Bonchev–Trinajstić information content (AvgIpc) is 2.49. The molecular formula is C15H29N3O. The summed E-state index contributed by atoms with van der Waals surface area (Å²) >= 11 is 0. The largest absolute Gasteiger partial charge is 0.331 e. The lowest BCUT2D eigenvalue weighted by molar-refractivity contribution is 0.150. The molecule has 110 valence electrons. The number of amides is 2. The van der Waals surface area contributed by atoms with Gasteiger partial charge in [0.05, 0.1) is 5.54 Å². The van der Waals surface area contributed by atoms with Crippen molar-refractivity contribution in [2.75, 3.05) is 19.6 Å². The van der Waals surface area contributed by atoms with Crippen molar-refractivity contribution in [3.05, 3.63) is 0 Å². The van der Waals surface area contributed by atoms with Gasteiger partial charge < -0.3 is 16.0 Å². The van der Waals surface area contributed by atoms with Gasteiger partial charge in [-0.2, -0.15) is 0 Å². The molecular weight excluding hydrogens is 238 g/mol. The number of carbonyl (C=O) groups excluding carboxylic acids is 1. The highest BCUT2D eigenvalue weighted by Gasteiger charge is 2.36. The molecule has 2 amide bonds. The fourth-order valence-corrected chi connectivity index (χ4v) is 3.42. The zero-order valence-electron chi connectivity index (χ0n) is 12.3. The summed E-state index contributed by atoms with van der Waals surface area (Å²) in [5, 5.41) is 3.26. The van der Waals surface area contributed by atoms with E-state index in [0.29, 0.717) is 6.54 Å². The molecule has 1 saturated heterocycles. The van der Waals surface area contributed by atoms with E-state index in [9.17, 15) is 4.79 Å². The van der Waals surface area contributed by atoms with E-state index in [1.165, 1.54) is 25.7 Å². The molecule has 0 unspecified atom stereocenters. The molecule has 2 aliphatic rings. The molecule has 19 heavy (non-hydrogen) atoms. The second-order valence-electron chi connectivity index (χ2n) is 6.31. The number of carbonyl (C=O) groups is 1. The zero-order chi connectivity index (χ0) is 13.7. The minimum absolute atomic E-state index is 0.111. The van der Waals surface area contributed by atoms with Crippen LogP contribution < -0.4 is 11.1 Å². The molecule has 4 heteroatoms. The molecule has 1 saturated carbocycles. The molecule has 0 atom stereocenters. The highest BCUT2D eigenvalue weighted by atomic mass is 16.2. The van der Waals surface area contributed by atoms with Crippen LogP contribution in [-0.2, 0) is 0 Å². The quantitative estimate of drug-likeness (QED) is 0.825. The molecule has 3 N–H and O–H groups in total. The Labute approximate surface area is 117 Å². The van der Waals surface area contributed by atoms with Crippen molar-refractivity contribution in [3.63, 3.8) is 0 Å². The van der Waals surface area contributed by atoms with Gasteiger partial charge in [-0.25, -0.2) is 4.79 Å². The Morgan fingerprint density at radius 2 is 1.89 bits per heavy atom. The fraction of sp³-hybridized carbons (Fsp3) is 0.933. The number of piperidine rings is 1. The number of likely N-dealkylation sites (tertiary alicyclic amines) is 1. The molecule has 0 aromatic rings. The molecule has 1 aliphatic heterocycles. The van der Waals surface area contributed by atoms with Crippen molar-refractivity contribution in [1.82, 2.24) is 10.2 Å². The summed E-state index contributed by atoms with van der Waals surface area (Å²) in [5.74, 6) is 0.826. The third-order valence-corrected chi connectivity index (χ3v) is 5.05. The van der Waals surface area contributed by atoms with E-state index in [1.54, 1.807) is 0 Å². The topological polar surface area (TPSA) is 58.4 Å². The Bertz CT molecular complexity index is 292. The normalized spacial score (nSPS) is 32.1. The van der Waals surface area contributed by atoms with Gasteiger partial charge in [0, 0.05) is 19.6 Å². The number of nitrogens with zero attached hydrogens (tertiary/aromatic N) is 1. The minimum Gasteiger partial charge on any atom is -0.331 e. The summed E-state index contributed by atoms with van der Waals surface area (Å²) in [6.45, 7) is 4.64. The molecule has 0 aromatic carbocycles. The number of urea groups is 1. The van der Waals surface area contributed by atoms with Gasteiger partial charge in [-0.05, 0) is 50.9 Å². The summed E-state index contributed by atoms with van der Waals surface area (Å²) in [7, 11) is 0. The number of nitrogens with two attached hydrogens (primary N) is 1. The summed E-state index contributed by atoms with van der Waals surface area (Å²) in [6, 6.07) is 0.111. The van der Waals surface area contributed by atoms with Crippen molar-refractivity contribution in [2.24, 2.45) is 11.7 Å². The molecule has 2 rings (SSSR count). The van der Waals surface area contributed by atoms with E-state index in [1.807, 2.05) is 4.90 Å². The highest BCUT2D eigenvalue weighted by molar-refractivity contribution is 5.75. The molecule has 0 bridgehead atoms. The van der Waals surface area contributed by atoms with Crippen LogP contribution in [0.4, 0.5) is 4.79 Å². The maximum Gasteiger partial charge on any atom is 0.317 e. The summed E-state index contributed by atoms with van der Waals surface area (Å²) in [6.07, 6.45) is 9.28. The third kappa shape index (κ3) is 3.62. The SMILES string of the molecule is CCC1CCC(CN)(NC(=O)N2CCCCC2)CC1. The van der Waals surface area contributed by atoms with Crippen molar-refractivity contribution < 1.29 is 4.79 Å². The van der Waals surface area contributed by atoms with Crippen molar-refractivity contribution in [1.29, 1.82) is 0 Å². The van der Waals surface area contributed by atoms with Crippen LogP contribution in [0.5, 0.6) is 0 Å². The predicted molar refractivity (Wildman–Crippen MR) is 78.0 cm³/mol. The predicted octanol–water partition coefficient (Wildman–Crippen LogP) is 2.48. The van der Waals surface area contributed by atoms with E-state index >= 15 is 0 Å². The number of hydrogen-bond donors (Lipinski definition) is 2. The number of nitrogens with one attached hydrogen (secondary N) is 1. The van der Waals surface area contributed by atoms with Gasteiger partial charge in [-0.3, -0.25) is 0 Å². The van der Waals surface area contributed by atoms with Gasteiger partial charge in [0.2, 0.25) is 0 Å². The fourth-order valence-electron chi connectivity index (χ4n) is 3.42. The second-order valence-corrected chi connectivity index (χ2v) is 6.31. The van der Waals surface area contributed by atoms with E-state index < -0.39 is 0 Å². The maximum absolute atomic E-state index is 12.3. The van der Waals surface area contributed by atoms with Crippen LogP contribution in [0.3, 0.4) is 0 Å². The number of hydrogen-bond acceptors (Lipinski definition) is 2. The van der Waals surface area contributed by atoms with E-state index in [2.05, 4.69) is 12.2 Å². The first-order valence-electron chi connectivity index (χ1n) is 7.96. The lowest BCUT2D eigenvalue weighted by Gasteiger charge is -2.41. The second kappa shape index (κ2) is 6.60. The molecule has 4 nitrogen and oxygen atoms in total. The smallest absolute Gasteiger partial charge is 0.317 e. The number of rotatable bonds is 3. The highest BCUT2D eigenvalue weighted by Crippen LogP contribution is 2.33. The molecule has 0 radical (unpaired) electrons. The minimum atomic E-state index is -0.139. The summed E-state index contributed by atoms with van der Waals surface area (Å²) < 4.78 is 0. The van der Waals surface area contributed by atoms with Crippen LogP contribution >= 0.6 is 0 Å². The first kappa shape index (κ1) is 14.6. The maximum atomic E-state index is 12.3. The van der Waals surface area contributed by atoms with Crippen LogP contribution in [0.2, 0.25) is 0 Å². The first-order valence-corrected chi connectivity index (χ1v) is 7.96. The van der Waals surface area contributed by atoms with Crippen LogP contribution in [0, 0.1) is 5.92 Å². The molecule has 1 heterocycles. The standard InChI is InChI=1S/C15H29N3O/c1-2-13-6-8-15(12-16,9-7-13)17-14(19)18-10-4-3-5-11-18/h13H,2-12,16H2,1H3,(H,17,19). The lowest BCUT2D eigenvalue weighted by atomic mass is 9.75. The Balaban J connectivity index is 1.89. The zero-order valence-corrected chi connectivity index (χ0v) is 12.3. The van der Waals surface area contributed by atoms with Gasteiger partial charge in [0.1, 0.15) is 0 Å². The molecule has 0 spiro atoms.